The molecular weight excluding hydrogens is 353 g/mol. The molecule has 0 spiro atoms. The zero-order valence-electron chi connectivity index (χ0n) is 14.9. The highest BCUT2D eigenvalue weighted by Crippen LogP contribution is 2.26. The van der Waals surface area contributed by atoms with Gasteiger partial charge in [0.05, 0.1) is 28.8 Å². The first-order valence-electron chi connectivity index (χ1n) is 9.17. The van der Waals surface area contributed by atoms with Gasteiger partial charge in [0.15, 0.2) is 0 Å². The number of hydrogen-bond acceptors (Lipinski definition) is 5. The van der Waals surface area contributed by atoms with E-state index < -0.39 is 6.09 Å². The predicted octanol–water partition coefficient (Wildman–Crippen LogP) is 2.82. The SMILES string of the molecule is O=C(O)N1CCC(ON=C2CCN(c3cc4nc[nH]c4cc3F)CC2)CC1. The summed E-state index contributed by atoms with van der Waals surface area (Å²) in [6.45, 7) is 2.31. The van der Waals surface area contributed by atoms with Crippen molar-refractivity contribution in [3.8, 4) is 0 Å². The van der Waals surface area contributed by atoms with Crippen molar-refractivity contribution in [2.24, 2.45) is 5.16 Å². The Morgan fingerprint density at radius 2 is 2.00 bits per heavy atom. The van der Waals surface area contributed by atoms with Crippen LogP contribution in [-0.2, 0) is 4.84 Å². The number of piperidine rings is 2. The Labute approximate surface area is 155 Å². The number of benzene rings is 1. The average Bonchev–Trinajstić information content (AvgIpc) is 3.13. The van der Waals surface area contributed by atoms with E-state index >= 15 is 0 Å². The van der Waals surface area contributed by atoms with Crippen LogP contribution < -0.4 is 4.90 Å². The maximum Gasteiger partial charge on any atom is 0.407 e. The van der Waals surface area contributed by atoms with Gasteiger partial charge in [0, 0.05) is 57.9 Å². The molecule has 0 radical (unpaired) electrons. The van der Waals surface area contributed by atoms with E-state index in [0.717, 1.165) is 11.2 Å². The molecule has 0 saturated carbocycles. The molecule has 0 aliphatic carbocycles. The fourth-order valence-electron chi connectivity index (χ4n) is 3.59. The average molecular weight is 375 g/mol. The number of imidazole rings is 1. The molecule has 4 rings (SSSR count). The second kappa shape index (κ2) is 7.42. The van der Waals surface area contributed by atoms with Crippen LogP contribution in [-0.4, -0.2) is 64.1 Å². The van der Waals surface area contributed by atoms with E-state index in [1.807, 2.05) is 4.90 Å². The van der Waals surface area contributed by atoms with Gasteiger partial charge in [0.2, 0.25) is 0 Å². The lowest BCUT2D eigenvalue weighted by Crippen LogP contribution is -2.40. The second-order valence-corrected chi connectivity index (χ2v) is 6.94. The third-order valence-corrected chi connectivity index (χ3v) is 5.21. The Balaban J connectivity index is 1.31. The van der Waals surface area contributed by atoms with Crippen molar-refractivity contribution in [1.29, 1.82) is 0 Å². The monoisotopic (exact) mass is 375 g/mol. The van der Waals surface area contributed by atoms with Gasteiger partial charge in [-0.25, -0.2) is 14.2 Å². The second-order valence-electron chi connectivity index (χ2n) is 6.94. The van der Waals surface area contributed by atoms with Crippen molar-refractivity contribution in [2.75, 3.05) is 31.1 Å². The standard InChI is InChI=1S/C18H22FN5O3/c19-14-9-15-16(21-11-20-15)10-17(14)23-5-1-12(2-6-23)22-27-13-3-7-24(8-4-13)18(25)26/h9-11,13H,1-8H2,(H,20,21)(H,25,26). The van der Waals surface area contributed by atoms with Crippen molar-refractivity contribution >= 4 is 28.5 Å². The normalized spacial score (nSPS) is 18.8. The largest absolute Gasteiger partial charge is 0.465 e. The number of carbonyl (C=O) groups is 1. The van der Waals surface area contributed by atoms with Crippen molar-refractivity contribution in [2.45, 2.75) is 31.8 Å². The Kier molecular flexibility index (Phi) is 4.83. The van der Waals surface area contributed by atoms with E-state index in [1.165, 1.54) is 11.0 Å². The van der Waals surface area contributed by atoms with Gasteiger partial charge in [-0.05, 0) is 6.07 Å². The van der Waals surface area contributed by atoms with Crippen LogP contribution in [0.25, 0.3) is 11.0 Å². The van der Waals surface area contributed by atoms with Crippen molar-refractivity contribution in [3.63, 3.8) is 0 Å². The van der Waals surface area contributed by atoms with Gasteiger partial charge in [-0.1, -0.05) is 5.16 Å². The fraction of sp³-hybridized carbons (Fsp3) is 0.500. The maximum absolute atomic E-state index is 14.4. The molecule has 9 heteroatoms. The van der Waals surface area contributed by atoms with E-state index in [2.05, 4.69) is 15.1 Å². The van der Waals surface area contributed by atoms with E-state index in [9.17, 15) is 9.18 Å². The van der Waals surface area contributed by atoms with E-state index in [0.29, 0.717) is 63.1 Å². The van der Waals surface area contributed by atoms with Crippen molar-refractivity contribution < 1.29 is 19.1 Å². The number of H-pyrrole nitrogens is 1. The number of amides is 1. The summed E-state index contributed by atoms with van der Waals surface area (Å²) in [4.78, 5) is 27.1. The summed E-state index contributed by atoms with van der Waals surface area (Å²) in [5, 5.41) is 13.2. The maximum atomic E-state index is 14.4. The number of nitrogens with one attached hydrogen (secondary N) is 1. The number of hydrogen-bond donors (Lipinski definition) is 2. The molecule has 1 aromatic heterocycles. The lowest BCUT2D eigenvalue weighted by atomic mass is 10.1. The van der Waals surface area contributed by atoms with Crippen molar-refractivity contribution in [3.05, 3.63) is 24.3 Å². The highest BCUT2D eigenvalue weighted by atomic mass is 19.1. The molecule has 0 atom stereocenters. The van der Waals surface area contributed by atoms with Crippen molar-refractivity contribution in [1.82, 2.24) is 14.9 Å². The number of oxime groups is 1. The summed E-state index contributed by atoms with van der Waals surface area (Å²) >= 11 is 0. The zero-order valence-corrected chi connectivity index (χ0v) is 14.9. The van der Waals surface area contributed by atoms with E-state index in [1.54, 1.807) is 12.4 Å². The first-order chi connectivity index (χ1) is 13.1. The number of anilines is 1. The Morgan fingerprint density at radius 3 is 2.70 bits per heavy atom. The first kappa shape index (κ1) is 17.6. The van der Waals surface area contributed by atoms with Crippen LogP contribution in [0.5, 0.6) is 0 Å². The highest BCUT2D eigenvalue weighted by molar-refractivity contribution is 5.87. The van der Waals surface area contributed by atoms with Crippen LogP contribution in [0.15, 0.2) is 23.6 Å². The Bertz CT molecular complexity index is 850. The van der Waals surface area contributed by atoms with Gasteiger partial charge in [0.25, 0.3) is 0 Å². The number of aromatic nitrogens is 2. The molecule has 27 heavy (non-hydrogen) atoms. The van der Waals surface area contributed by atoms with Gasteiger partial charge in [0.1, 0.15) is 11.9 Å². The summed E-state index contributed by atoms with van der Waals surface area (Å²) in [5.41, 5.74) is 2.98. The van der Waals surface area contributed by atoms with Gasteiger partial charge in [-0.2, -0.15) is 0 Å². The molecule has 3 heterocycles. The van der Waals surface area contributed by atoms with Gasteiger partial charge >= 0.3 is 6.09 Å². The molecule has 8 nitrogen and oxygen atoms in total. The molecule has 144 valence electrons. The summed E-state index contributed by atoms with van der Waals surface area (Å²) in [5.74, 6) is -0.256. The van der Waals surface area contributed by atoms with Crippen LogP contribution in [0.2, 0.25) is 0 Å². The van der Waals surface area contributed by atoms with Crippen LogP contribution in [0.3, 0.4) is 0 Å². The van der Waals surface area contributed by atoms with Crippen LogP contribution in [0.1, 0.15) is 25.7 Å². The number of halogens is 1. The Morgan fingerprint density at radius 1 is 1.26 bits per heavy atom. The Hall–Kier alpha value is -2.84. The minimum absolute atomic E-state index is 0.0364. The number of carboxylic acid groups (broad SMARTS) is 1. The van der Waals surface area contributed by atoms with E-state index in [-0.39, 0.29) is 11.9 Å². The van der Waals surface area contributed by atoms with Gasteiger partial charge in [-0.15, -0.1) is 0 Å². The van der Waals surface area contributed by atoms with Gasteiger partial charge in [-0.3, -0.25) is 0 Å². The molecule has 2 fully saturated rings. The first-order valence-corrected chi connectivity index (χ1v) is 9.17. The molecule has 2 aliphatic rings. The van der Waals surface area contributed by atoms with E-state index in [4.69, 9.17) is 9.94 Å². The molecule has 0 bridgehead atoms. The molecule has 2 N–H and O–H groups in total. The van der Waals surface area contributed by atoms with Gasteiger partial charge < -0.3 is 24.7 Å². The minimum Gasteiger partial charge on any atom is -0.465 e. The summed E-state index contributed by atoms with van der Waals surface area (Å²) < 4.78 is 14.4. The topological polar surface area (TPSA) is 94.0 Å². The molecule has 1 amide bonds. The summed E-state index contributed by atoms with van der Waals surface area (Å²) in [6, 6.07) is 3.25. The molecule has 2 aliphatic heterocycles. The lowest BCUT2D eigenvalue weighted by Gasteiger charge is -2.31. The fourth-order valence-corrected chi connectivity index (χ4v) is 3.59. The summed E-state index contributed by atoms with van der Waals surface area (Å²) in [7, 11) is 0. The number of nitrogens with zero attached hydrogens (tertiary/aromatic N) is 4. The predicted molar refractivity (Wildman–Crippen MR) is 98.6 cm³/mol. The zero-order chi connectivity index (χ0) is 18.8. The molecule has 2 aromatic rings. The third kappa shape index (κ3) is 3.81. The molecule has 0 unspecified atom stereocenters. The van der Waals surface area contributed by atoms with Crippen LogP contribution in [0, 0.1) is 5.82 Å². The number of aromatic amines is 1. The quantitative estimate of drug-likeness (QED) is 0.805. The minimum atomic E-state index is -0.882. The smallest absolute Gasteiger partial charge is 0.407 e. The number of likely N-dealkylation sites (tertiary alicyclic amines) is 1. The molecular formula is C18H22FN5O3. The summed E-state index contributed by atoms with van der Waals surface area (Å²) in [6.07, 6.45) is 3.39. The molecule has 1 aromatic carbocycles. The van der Waals surface area contributed by atoms with Crippen LogP contribution >= 0.6 is 0 Å². The molecule has 2 saturated heterocycles. The third-order valence-electron chi connectivity index (χ3n) is 5.21. The lowest BCUT2D eigenvalue weighted by molar-refractivity contribution is 0.0127. The highest BCUT2D eigenvalue weighted by Gasteiger charge is 2.24. The number of rotatable bonds is 3. The number of fused-ring (bicyclic) bond motifs is 1. The van der Waals surface area contributed by atoms with Crippen LogP contribution in [0.4, 0.5) is 14.9 Å².